The van der Waals surface area contributed by atoms with E-state index >= 15 is 0 Å². The van der Waals surface area contributed by atoms with E-state index in [1.165, 1.54) is 27.1 Å². The lowest BCUT2D eigenvalue weighted by molar-refractivity contribution is -0.384. The number of nitro groups is 1. The first-order valence-electron chi connectivity index (χ1n) is 11.6. The molecular formula is C27H33N4O2P. The van der Waals surface area contributed by atoms with Crippen molar-refractivity contribution in [1.29, 1.82) is 0 Å². The van der Waals surface area contributed by atoms with E-state index in [1.807, 2.05) is 6.92 Å². The highest BCUT2D eigenvalue weighted by Gasteiger charge is 2.38. The van der Waals surface area contributed by atoms with Gasteiger partial charge in [0, 0.05) is 50.9 Å². The summed E-state index contributed by atoms with van der Waals surface area (Å²) in [5.41, 5.74) is 4.13. The van der Waals surface area contributed by atoms with Crippen LogP contribution >= 0.6 is 7.21 Å². The second-order valence-electron chi connectivity index (χ2n) is 9.91. The second kappa shape index (κ2) is 8.68. The average Bonchev–Trinajstić information content (AvgIpc) is 3.10. The molecule has 1 heterocycles. The van der Waals surface area contributed by atoms with Crippen LogP contribution in [0.1, 0.15) is 33.3 Å². The number of aryl methyl sites for hydroxylation is 2. The SMILES string of the molecule is CCn1c2ccccc2c2cc([P@](=Nc3cc([N+](=O)[O-])ccc3C)(N(C)C)C(C)(C)C)ccc21. The maximum atomic E-state index is 11.5. The van der Waals surface area contributed by atoms with Gasteiger partial charge in [-0.3, -0.25) is 14.8 Å². The maximum Gasteiger partial charge on any atom is 0.271 e. The van der Waals surface area contributed by atoms with Gasteiger partial charge in [-0.05, 0) is 57.8 Å². The minimum absolute atomic E-state index is 0.0663. The smallest absolute Gasteiger partial charge is 0.271 e. The summed E-state index contributed by atoms with van der Waals surface area (Å²) in [4.78, 5) is 11.1. The summed E-state index contributed by atoms with van der Waals surface area (Å²) >= 11 is 0. The van der Waals surface area contributed by atoms with E-state index in [9.17, 15) is 10.1 Å². The number of hydrogen-bond donors (Lipinski definition) is 0. The summed E-state index contributed by atoms with van der Waals surface area (Å²) in [6, 6.07) is 20.2. The van der Waals surface area contributed by atoms with Gasteiger partial charge in [-0.15, -0.1) is 0 Å². The van der Waals surface area contributed by atoms with Crippen LogP contribution in [0, 0.1) is 17.0 Å². The van der Waals surface area contributed by atoms with E-state index in [0.717, 1.165) is 12.1 Å². The van der Waals surface area contributed by atoms with E-state index in [4.69, 9.17) is 4.74 Å². The first-order valence-corrected chi connectivity index (χ1v) is 13.3. The Kier molecular flexibility index (Phi) is 6.17. The fourth-order valence-corrected chi connectivity index (χ4v) is 9.22. The number of nitro benzene ring substituents is 1. The predicted molar refractivity (Wildman–Crippen MR) is 145 cm³/mol. The zero-order valence-electron chi connectivity index (χ0n) is 21.0. The number of para-hydroxylation sites is 1. The molecule has 4 aromatic rings. The van der Waals surface area contributed by atoms with Crippen LogP contribution in [-0.2, 0) is 6.54 Å². The Morgan fingerprint density at radius 2 is 1.68 bits per heavy atom. The van der Waals surface area contributed by atoms with Crippen molar-refractivity contribution in [1.82, 2.24) is 9.24 Å². The van der Waals surface area contributed by atoms with Crippen LogP contribution in [0.25, 0.3) is 21.8 Å². The molecule has 0 bridgehead atoms. The number of hydrogen-bond acceptors (Lipinski definition) is 3. The largest absolute Gasteiger partial charge is 0.341 e. The summed E-state index contributed by atoms with van der Waals surface area (Å²) in [6.07, 6.45) is 0. The zero-order valence-corrected chi connectivity index (χ0v) is 21.9. The molecule has 6 nitrogen and oxygen atoms in total. The Bertz CT molecular complexity index is 1460. The third-order valence-corrected chi connectivity index (χ3v) is 11.1. The summed E-state index contributed by atoms with van der Waals surface area (Å²) < 4.78 is 10.0. The number of rotatable bonds is 5. The molecule has 1 atom stereocenters. The topological polar surface area (TPSA) is 63.7 Å². The van der Waals surface area contributed by atoms with Crippen LogP contribution in [0.4, 0.5) is 11.4 Å². The Hall–Kier alpha value is -2.95. The van der Waals surface area contributed by atoms with Crippen molar-refractivity contribution in [2.24, 2.45) is 4.74 Å². The summed E-state index contributed by atoms with van der Waals surface area (Å²) in [5.74, 6) is 0. The fourth-order valence-electron chi connectivity index (χ4n) is 5.07. The van der Waals surface area contributed by atoms with Crippen LogP contribution < -0.4 is 5.30 Å². The minimum atomic E-state index is -2.36. The molecule has 0 aliphatic carbocycles. The second-order valence-corrected chi connectivity index (χ2v) is 14.0. The highest BCUT2D eigenvalue weighted by atomic mass is 31.2. The van der Waals surface area contributed by atoms with E-state index in [0.29, 0.717) is 5.69 Å². The monoisotopic (exact) mass is 476 g/mol. The molecule has 0 aliphatic heterocycles. The van der Waals surface area contributed by atoms with Crippen molar-refractivity contribution in [3.63, 3.8) is 0 Å². The molecule has 0 fully saturated rings. The van der Waals surface area contributed by atoms with Gasteiger partial charge in [-0.25, -0.2) is 4.74 Å². The fraction of sp³-hybridized carbons (Fsp3) is 0.333. The molecule has 1 aromatic heterocycles. The minimum Gasteiger partial charge on any atom is -0.341 e. The third-order valence-electron chi connectivity index (χ3n) is 6.60. The van der Waals surface area contributed by atoms with E-state index < -0.39 is 7.21 Å². The first-order chi connectivity index (χ1) is 16.0. The molecule has 0 saturated heterocycles. The van der Waals surface area contributed by atoms with Crippen LogP contribution in [-0.4, -0.2) is 33.4 Å². The standard InChI is InChI=1S/C27H33N4O2P/c1-8-30-25-12-10-9-11-22(25)23-18-21(15-16-26(23)30)34(29(6)7,27(3,4)5)28-24-17-20(31(32)33)14-13-19(24)2/h9-18H,8H2,1-7H3/t34-/m0/s1. The van der Waals surface area contributed by atoms with E-state index in [-0.39, 0.29) is 15.8 Å². The van der Waals surface area contributed by atoms with Crippen LogP contribution in [0.2, 0.25) is 0 Å². The Morgan fingerprint density at radius 1 is 1.00 bits per heavy atom. The molecule has 7 heteroatoms. The third kappa shape index (κ3) is 3.75. The van der Waals surface area contributed by atoms with Gasteiger partial charge in [0.2, 0.25) is 0 Å². The van der Waals surface area contributed by atoms with E-state index in [1.54, 1.807) is 18.2 Å². The van der Waals surface area contributed by atoms with Crippen molar-refractivity contribution in [2.75, 3.05) is 14.1 Å². The van der Waals surface area contributed by atoms with Gasteiger partial charge in [-0.2, -0.15) is 0 Å². The van der Waals surface area contributed by atoms with Gasteiger partial charge in [0.15, 0.2) is 0 Å². The van der Waals surface area contributed by atoms with Crippen molar-refractivity contribution >= 4 is 45.7 Å². The average molecular weight is 477 g/mol. The molecule has 0 N–H and O–H groups in total. The number of nitrogens with zero attached hydrogens (tertiary/aromatic N) is 4. The van der Waals surface area contributed by atoms with Crippen molar-refractivity contribution in [3.8, 4) is 0 Å². The van der Waals surface area contributed by atoms with Crippen molar-refractivity contribution in [3.05, 3.63) is 76.3 Å². The van der Waals surface area contributed by atoms with Crippen molar-refractivity contribution < 1.29 is 4.92 Å². The summed E-state index contributed by atoms with van der Waals surface area (Å²) in [7, 11) is 1.80. The molecule has 0 unspecified atom stereocenters. The molecule has 3 aromatic carbocycles. The van der Waals surface area contributed by atoms with Crippen LogP contribution in [0.15, 0.2) is 65.4 Å². The highest BCUT2D eigenvalue weighted by molar-refractivity contribution is 7.73. The Balaban J connectivity index is 2.11. The van der Waals surface area contributed by atoms with E-state index in [2.05, 4.69) is 93.5 Å². The number of benzene rings is 3. The van der Waals surface area contributed by atoms with Crippen LogP contribution in [0.3, 0.4) is 0 Å². The number of aromatic nitrogens is 1. The Labute approximate surface area is 201 Å². The molecule has 0 spiro atoms. The molecule has 4 rings (SSSR count). The van der Waals surface area contributed by atoms with Gasteiger partial charge in [0.1, 0.15) is 0 Å². The first kappa shape index (κ1) is 24.2. The van der Waals surface area contributed by atoms with Gasteiger partial charge in [0.25, 0.3) is 5.69 Å². The number of fused-ring (bicyclic) bond motifs is 3. The molecule has 178 valence electrons. The lowest BCUT2D eigenvalue weighted by atomic mass is 10.1. The summed E-state index contributed by atoms with van der Waals surface area (Å²) in [6.45, 7) is 11.7. The quantitative estimate of drug-likeness (QED) is 0.171. The molecule has 0 amide bonds. The van der Waals surface area contributed by atoms with Gasteiger partial charge in [0.05, 0.1) is 17.8 Å². The maximum absolute atomic E-state index is 11.5. The van der Waals surface area contributed by atoms with Crippen LogP contribution in [0.5, 0.6) is 0 Å². The normalized spacial score (nSPS) is 14.0. The molecule has 34 heavy (non-hydrogen) atoms. The van der Waals surface area contributed by atoms with Crippen molar-refractivity contribution in [2.45, 2.75) is 46.3 Å². The molecule has 0 aliphatic rings. The molecular weight excluding hydrogens is 443 g/mol. The zero-order chi connectivity index (χ0) is 24.8. The lowest BCUT2D eigenvalue weighted by Gasteiger charge is -2.42. The predicted octanol–water partition coefficient (Wildman–Crippen LogP) is 7.46. The van der Waals surface area contributed by atoms with Gasteiger partial charge in [-0.1, -0.05) is 45.0 Å². The van der Waals surface area contributed by atoms with Gasteiger partial charge < -0.3 is 4.57 Å². The molecule has 0 saturated carbocycles. The highest BCUT2D eigenvalue weighted by Crippen LogP contribution is 2.63. The molecule has 0 radical (unpaired) electrons. The Morgan fingerprint density at radius 3 is 2.29 bits per heavy atom. The lowest BCUT2D eigenvalue weighted by Crippen LogP contribution is -2.32. The summed E-state index contributed by atoms with van der Waals surface area (Å²) in [5, 5.41) is 14.9. The number of non-ortho nitro benzene ring substituents is 1. The van der Waals surface area contributed by atoms with Gasteiger partial charge >= 0.3 is 0 Å².